The Bertz CT molecular complexity index is 440. The van der Waals surface area contributed by atoms with Crippen LogP contribution in [0.2, 0.25) is 0 Å². The largest absolute Gasteiger partial charge is 0.253 e. The molecule has 0 aromatic carbocycles. The summed E-state index contributed by atoms with van der Waals surface area (Å²) in [4.78, 5) is 11.6. The van der Waals surface area contributed by atoms with Gasteiger partial charge in [-0.2, -0.15) is 15.0 Å². The maximum absolute atomic E-state index is 8.57. The molecule has 0 spiro atoms. The first-order valence-corrected chi connectivity index (χ1v) is 3.48. The second-order valence-corrected chi connectivity index (χ2v) is 2.19. The fourth-order valence-corrected chi connectivity index (χ4v) is 0.833. The molecule has 0 fully saturated rings. The maximum atomic E-state index is 8.57. The molecule has 62 valence electrons. The van der Waals surface area contributed by atoms with Gasteiger partial charge < -0.3 is 0 Å². The van der Waals surface area contributed by atoms with Gasteiger partial charge in [-0.1, -0.05) is 0 Å². The third-order valence-corrected chi connectivity index (χ3v) is 1.38. The van der Waals surface area contributed by atoms with Gasteiger partial charge in [0, 0.05) is 6.20 Å². The maximum Gasteiger partial charge on any atom is 0.253 e. The van der Waals surface area contributed by atoms with E-state index < -0.39 is 0 Å². The van der Waals surface area contributed by atoms with Crippen molar-refractivity contribution < 1.29 is 0 Å². The minimum absolute atomic E-state index is 0.306. The van der Waals surface area contributed by atoms with E-state index in [0.29, 0.717) is 11.6 Å². The first-order chi connectivity index (χ1) is 6.40. The Morgan fingerprint density at radius 3 is 3.08 bits per heavy atom. The third-order valence-electron chi connectivity index (χ3n) is 1.38. The molecule has 0 unspecified atom stereocenters. The van der Waals surface area contributed by atoms with Crippen LogP contribution < -0.4 is 0 Å². The summed E-state index contributed by atoms with van der Waals surface area (Å²) in [5, 5.41) is 12.4. The molecule has 0 saturated carbocycles. The molecule has 0 aliphatic rings. The van der Waals surface area contributed by atoms with Gasteiger partial charge in [-0.25, -0.2) is 15.0 Å². The summed E-state index contributed by atoms with van der Waals surface area (Å²) in [7, 11) is 0. The van der Waals surface area contributed by atoms with Crippen molar-refractivity contribution in [1.29, 1.82) is 5.26 Å². The molecule has 2 heterocycles. The standard InChI is InChI=1S/C7H4N6/c8-3-6-1-2-10-7(12-6)13-5-9-4-11-13/h1-2,4-5H. The van der Waals surface area contributed by atoms with Crippen LogP contribution in [0.5, 0.6) is 0 Å². The minimum atomic E-state index is 0.306. The fourth-order valence-electron chi connectivity index (χ4n) is 0.833. The molecule has 0 aliphatic carbocycles. The predicted molar refractivity (Wildman–Crippen MR) is 41.7 cm³/mol. The van der Waals surface area contributed by atoms with E-state index in [1.54, 1.807) is 0 Å². The van der Waals surface area contributed by atoms with Crippen molar-refractivity contribution in [2.75, 3.05) is 0 Å². The molecule has 0 saturated heterocycles. The topological polar surface area (TPSA) is 80.3 Å². The Balaban J connectivity index is 2.49. The van der Waals surface area contributed by atoms with Gasteiger partial charge in [0.2, 0.25) is 0 Å². The van der Waals surface area contributed by atoms with Crippen LogP contribution in [-0.2, 0) is 0 Å². The van der Waals surface area contributed by atoms with E-state index in [0.717, 1.165) is 0 Å². The molecule has 0 N–H and O–H groups in total. The summed E-state index contributed by atoms with van der Waals surface area (Å²) >= 11 is 0. The normalized spacial score (nSPS) is 9.46. The van der Waals surface area contributed by atoms with Crippen LogP contribution in [0.1, 0.15) is 5.69 Å². The highest BCUT2D eigenvalue weighted by molar-refractivity contribution is 5.22. The van der Waals surface area contributed by atoms with Crippen LogP contribution >= 0.6 is 0 Å². The van der Waals surface area contributed by atoms with Crippen molar-refractivity contribution in [3.05, 3.63) is 30.6 Å². The van der Waals surface area contributed by atoms with Gasteiger partial charge in [0.25, 0.3) is 5.95 Å². The molecular formula is C7H4N6. The van der Waals surface area contributed by atoms with E-state index >= 15 is 0 Å². The number of nitriles is 1. The number of hydrogen-bond acceptors (Lipinski definition) is 5. The molecular weight excluding hydrogens is 168 g/mol. The lowest BCUT2D eigenvalue weighted by Crippen LogP contribution is -2.01. The van der Waals surface area contributed by atoms with Crippen LogP contribution in [0.15, 0.2) is 24.9 Å². The van der Waals surface area contributed by atoms with E-state index in [9.17, 15) is 0 Å². The van der Waals surface area contributed by atoms with Gasteiger partial charge in [-0.3, -0.25) is 0 Å². The Labute approximate surface area is 73.5 Å². The first kappa shape index (κ1) is 7.36. The lowest BCUT2D eigenvalue weighted by molar-refractivity contribution is 0.803. The smallest absolute Gasteiger partial charge is 0.223 e. The average Bonchev–Trinajstić information content (AvgIpc) is 2.71. The summed E-state index contributed by atoms with van der Waals surface area (Å²) in [6.07, 6.45) is 4.35. The van der Waals surface area contributed by atoms with Gasteiger partial charge in [0.05, 0.1) is 0 Å². The summed E-state index contributed by atoms with van der Waals surface area (Å²) in [6.45, 7) is 0. The highest BCUT2D eigenvalue weighted by Gasteiger charge is 2.00. The number of nitrogens with zero attached hydrogens (tertiary/aromatic N) is 6. The Morgan fingerprint density at radius 1 is 1.46 bits per heavy atom. The molecule has 2 aromatic rings. The highest BCUT2D eigenvalue weighted by Crippen LogP contribution is 1.97. The van der Waals surface area contributed by atoms with Gasteiger partial charge in [0.1, 0.15) is 24.4 Å². The molecule has 6 nitrogen and oxygen atoms in total. The minimum Gasteiger partial charge on any atom is -0.223 e. The monoisotopic (exact) mass is 172 g/mol. The molecule has 0 aliphatic heterocycles. The zero-order valence-corrected chi connectivity index (χ0v) is 6.49. The van der Waals surface area contributed by atoms with Crippen molar-refractivity contribution in [3.63, 3.8) is 0 Å². The fraction of sp³-hybridized carbons (Fsp3) is 0. The Kier molecular flexibility index (Phi) is 1.69. The number of rotatable bonds is 1. The molecule has 0 amide bonds. The SMILES string of the molecule is N#Cc1ccnc(-n2cncn2)n1. The van der Waals surface area contributed by atoms with E-state index in [1.807, 2.05) is 6.07 Å². The summed E-state index contributed by atoms with van der Waals surface area (Å²) in [6, 6.07) is 3.44. The van der Waals surface area contributed by atoms with E-state index in [4.69, 9.17) is 5.26 Å². The molecule has 2 aromatic heterocycles. The van der Waals surface area contributed by atoms with E-state index in [2.05, 4.69) is 20.1 Å². The van der Waals surface area contributed by atoms with Crippen LogP contribution in [0.25, 0.3) is 5.95 Å². The third kappa shape index (κ3) is 1.35. The van der Waals surface area contributed by atoms with E-state index in [-0.39, 0.29) is 0 Å². The number of hydrogen-bond donors (Lipinski definition) is 0. The molecule has 0 radical (unpaired) electrons. The zero-order chi connectivity index (χ0) is 9.10. The number of aromatic nitrogens is 5. The van der Waals surface area contributed by atoms with Crippen LogP contribution in [0, 0.1) is 11.3 Å². The Morgan fingerprint density at radius 2 is 2.38 bits per heavy atom. The van der Waals surface area contributed by atoms with Gasteiger partial charge in [0.15, 0.2) is 0 Å². The van der Waals surface area contributed by atoms with Crippen molar-refractivity contribution in [2.45, 2.75) is 0 Å². The van der Waals surface area contributed by atoms with Crippen molar-refractivity contribution in [1.82, 2.24) is 24.7 Å². The van der Waals surface area contributed by atoms with Gasteiger partial charge >= 0.3 is 0 Å². The Hall–Kier alpha value is -2.29. The lowest BCUT2D eigenvalue weighted by atomic mass is 10.4. The van der Waals surface area contributed by atoms with Crippen LogP contribution in [-0.4, -0.2) is 24.7 Å². The van der Waals surface area contributed by atoms with E-state index in [1.165, 1.54) is 29.6 Å². The second-order valence-electron chi connectivity index (χ2n) is 2.19. The highest BCUT2D eigenvalue weighted by atomic mass is 15.4. The molecule has 0 atom stereocenters. The predicted octanol–water partition coefficient (Wildman–Crippen LogP) is -0.0710. The first-order valence-electron chi connectivity index (χ1n) is 3.48. The van der Waals surface area contributed by atoms with Crippen molar-refractivity contribution in [3.8, 4) is 12.0 Å². The van der Waals surface area contributed by atoms with Gasteiger partial charge in [-0.15, -0.1) is 0 Å². The summed E-state index contributed by atoms with van der Waals surface area (Å²) in [5.41, 5.74) is 0.306. The van der Waals surface area contributed by atoms with Crippen LogP contribution in [0.3, 0.4) is 0 Å². The van der Waals surface area contributed by atoms with Gasteiger partial charge in [-0.05, 0) is 6.07 Å². The second kappa shape index (κ2) is 2.98. The molecule has 6 heteroatoms. The molecule has 2 rings (SSSR count). The lowest BCUT2D eigenvalue weighted by Gasteiger charge is -1.95. The van der Waals surface area contributed by atoms with Crippen molar-refractivity contribution >= 4 is 0 Å². The molecule has 0 bridgehead atoms. The van der Waals surface area contributed by atoms with Crippen LogP contribution in [0.4, 0.5) is 0 Å². The van der Waals surface area contributed by atoms with Crippen molar-refractivity contribution in [2.24, 2.45) is 0 Å². The zero-order valence-electron chi connectivity index (χ0n) is 6.49. The molecule has 13 heavy (non-hydrogen) atoms. The average molecular weight is 172 g/mol. The summed E-state index contributed by atoms with van der Waals surface area (Å²) in [5.74, 6) is 0.344. The quantitative estimate of drug-likeness (QED) is 0.601. The summed E-state index contributed by atoms with van der Waals surface area (Å²) < 4.78 is 1.39.